The highest BCUT2D eigenvalue weighted by Crippen LogP contribution is 2.22. The Balaban J connectivity index is 2.54. The fourth-order valence-electron chi connectivity index (χ4n) is 2.58. The van der Waals surface area contributed by atoms with Crippen molar-refractivity contribution in [1.82, 2.24) is 3.96 Å². The van der Waals surface area contributed by atoms with Crippen LogP contribution in [0.3, 0.4) is 0 Å². The number of amides is 1. The second-order valence-corrected chi connectivity index (χ2v) is 8.50. The van der Waals surface area contributed by atoms with Gasteiger partial charge in [0.1, 0.15) is 10.4 Å². The Bertz CT molecular complexity index is 901. The number of ether oxygens (including phenoxy) is 1. The van der Waals surface area contributed by atoms with Gasteiger partial charge in [-0.25, -0.2) is 0 Å². The molecule has 0 N–H and O–H groups in total. The van der Waals surface area contributed by atoms with Gasteiger partial charge in [0.05, 0.1) is 12.7 Å². The van der Waals surface area contributed by atoms with Crippen molar-refractivity contribution in [3.63, 3.8) is 0 Å². The summed E-state index contributed by atoms with van der Waals surface area (Å²) in [6.07, 6.45) is 5.09. The molecule has 0 atom stereocenters. The molecule has 6 heteroatoms. The molecule has 2 aromatic rings. The summed E-state index contributed by atoms with van der Waals surface area (Å²) in [5.74, 6) is -0.0724. The largest absolute Gasteiger partial charge is 0.496 e. The highest BCUT2D eigenvalue weighted by molar-refractivity contribution is 7.04. The molecular weight excluding hydrogens is 360 g/mol. The number of aromatic nitrogens is 1. The molecule has 1 aromatic heterocycles. The third-order valence-corrected chi connectivity index (χ3v) is 5.61. The zero-order valence-corrected chi connectivity index (χ0v) is 17.8. The maximum atomic E-state index is 12.9. The van der Waals surface area contributed by atoms with Gasteiger partial charge in [-0.05, 0) is 70.3 Å². The summed E-state index contributed by atoms with van der Waals surface area (Å²) < 4.78 is 8.15. The van der Waals surface area contributed by atoms with Crippen LogP contribution in [0, 0.1) is 0 Å². The second-order valence-electron chi connectivity index (χ2n) is 7.54. The first-order chi connectivity index (χ1) is 12.7. The summed E-state index contributed by atoms with van der Waals surface area (Å²) in [6, 6.07) is 4.86. The number of ketones is 1. The van der Waals surface area contributed by atoms with Crippen LogP contribution < -0.4 is 9.41 Å². The number of hydrogen-bond donors (Lipinski definition) is 0. The molecule has 0 bridgehead atoms. The lowest BCUT2D eigenvalue weighted by molar-refractivity contribution is 0.0996. The summed E-state index contributed by atoms with van der Waals surface area (Å²) in [5.41, 5.74) is 1.78. The molecule has 0 saturated carbocycles. The molecule has 0 fully saturated rings. The molecule has 2 rings (SSSR count). The number of carbonyl (C=O) groups is 2. The van der Waals surface area contributed by atoms with Crippen LogP contribution in [0.2, 0.25) is 0 Å². The van der Waals surface area contributed by atoms with Gasteiger partial charge in [-0.1, -0.05) is 13.3 Å². The number of rotatable bonds is 6. The molecule has 0 spiro atoms. The van der Waals surface area contributed by atoms with E-state index in [2.05, 4.69) is 42.8 Å². The third kappa shape index (κ3) is 5.16. The van der Waals surface area contributed by atoms with E-state index < -0.39 is 5.91 Å². The van der Waals surface area contributed by atoms with Crippen molar-refractivity contribution in [3.8, 4) is 5.75 Å². The molecule has 0 saturated heterocycles. The Labute approximate surface area is 164 Å². The molecule has 1 aromatic carbocycles. The second kappa shape index (κ2) is 8.65. The van der Waals surface area contributed by atoms with E-state index in [1.165, 1.54) is 25.6 Å². The topological polar surface area (TPSA) is 60.7 Å². The fourth-order valence-corrected chi connectivity index (χ4v) is 3.62. The number of unbranched alkanes of at least 4 members (excludes halogenated alkanes) is 1. The Hall–Kier alpha value is -2.21. The van der Waals surface area contributed by atoms with Gasteiger partial charge >= 0.3 is 0 Å². The first-order valence-electron chi connectivity index (χ1n) is 9.17. The van der Waals surface area contributed by atoms with Crippen LogP contribution in [-0.2, 0) is 12.0 Å². The number of methoxy groups -OCH3 is 1. The van der Waals surface area contributed by atoms with Crippen LogP contribution in [0.5, 0.6) is 5.75 Å². The van der Waals surface area contributed by atoms with E-state index in [1.807, 2.05) is 0 Å². The van der Waals surface area contributed by atoms with E-state index >= 15 is 0 Å². The Morgan fingerprint density at radius 2 is 1.96 bits per heavy atom. The van der Waals surface area contributed by atoms with E-state index in [9.17, 15) is 9.59 Å². The number of nitrogens with zero attached hydrogens (tertiary/aromatic N) is 2. The van der Waals surface area contributed by atoms with Gasteiger partial charge in [0.25, 0.3) is 5.91 Å². The quantitative estimate of drug-likeness (QED) is 0.680. The maximum absolute atomic E-state index is 12.9. The van der Waals surface area contributed by atoms with Crippen LogP contribution >= 0.6 is 11.5 Å². The Morgan fingerprint density at radius 3 is 2.52 bits per heavy atom. The Morgan fingerprint density at radius 1 is 1.26 bits per heavy atom. The van der Waals surface area contributed by atoms with E-state index in [1.54, 1.807) is 18.2 Å². The fraction of sp³-hybridized carbons (Fsp3) is 0.476. The lowest BCUT2D eigenvalue weighted by atomic mass is 10.1. The lowest BCUT2D eigenvalue weighted by Gasteiger charge is -2.19. The molecule has 27 heavy (non-hydrogen) atoms. The van der Waals surface area contributed by atoms with Crippen LogP contribution in [0.25, 0.3) is 0 Å². The number of carbonyl (C=O) groups excluding carboxylic acids is 2. The average Bonchev–Trinajstić information content (AvgIpc) is 3.02. The minimum atomic E-state index is -0.393. The van der Waals surface area contributed by atoms with Crippen molar-refractivity contribution >= 4 is 23.2 Å². The van der Waals surface area contributed by atoms with Gasteiger partial charge in [0.2, 0.25) is 0 Å². The van der Waals surface area contributed by atoms with Gasteiger partial charge in [0, 0.05) is 22.9 Å². The summed E-state index contributed by atoms with van der Waals surface area (Å²) in [4.78, 5) is 29.0. The molecule has 0 aliphatic rings. The van der Waals surface area contributed by atoms with Crippen LogP contribution in [-0.4, -0.2) is 22.8 Å². The third-order valence-electron chi connectivity index (χ3n) is 4.23. The van der Waals surface area contributed by atoms with Gasteiger partial charge in [-0.2, -0.15) is 4.99 Å². The number of Topliss-reactive ketones (excluding diaryl/α,β-unsaturated/α-hetero) is 1. The lowest BCUT2D eigenvalue weighted by Crippen LogP contribution is -2.18. The molecule has 5 nitrogen and oxygen atoms in total. The predicted molar refractivity (Wildman–Crippen MR) is 109 cm³/mol. The molecule has 0 radical (unpaired) electrons. The van der Waals surface area contributed by atoms with Gasteiger partial charge < -0.3 is 4.74 Å². The van der Waals surface area contributed by atoms with E-state index in [0.717, 1.165) is 29.5 Å². The smallest absolute Gasteiger partial charge is 0.282 e. The van der Waals surface area contributed by atoms with Gasteiger partial charge in [-0.15, -0.1) is 0 Å². The molecule has 0 unspecified atom stereocenters. The van der Waals surface area contributed by atoms with Crippen LogP contribution in [0.1, 0.15) is 73.7 Å². The van der Waals surface area contributed by atoms with Crippen molar-refractivity contribution in [2.24, 2.45) is 4.99 Å². The first-order valence-corrected chi connectivity index (χ1v) is 9.95. The van der Waals surface area contributed by atoms with Gasteiger partial charge in [0.15, 0.2) is 5.78 Å². The highest BCUT2D eigenvalue weighted by Gasteiger charge is 2.18. The van der Waals surface area contributed by atoms with Crippen LogP contribution in [0.15, 0.2) is 29.4 Å². The predicted octanol–water partition coefficient (Wildman–Crippen LogP) is 4.60. The van der Waals surface area contributed by atoms with E-state index in [-0.39, 0.29) is 11.3 Å². The standard InChI is InChI=1S/C21H28N2O3S/c1-7-8-9-16-13-23(21(3,4)5)27-20(16)22-19(25)17-12-15(14(2)24)10-11-18(17)26-6/h10-13H,7-9H2,1-6H3/b22-20-. The first kappa shape index (κ1) is 21.1. The van der Waals surface area contributed by atoms with Crippen molar-refractivity contribution in [2.75, 3.05) is 7.11 Å². The monoisotopic (exact) mass is 388 g/mol. The minimum Gasteiger partial charge on any atom is -0.496 e. The summed E-state index contributed by atoms with van der Waals surface area (Å²) in [6.45, 7) is 9.99. The van der Waals surface area contributed by atoms with Crippen molar-refractivity contribution in [2.45, 2.75) is 59.4 Å². The Kier molecular flexibility index (Phi) is 6.76. The molecule has 146 valence electrons. The summed E-state index contributed by atoms with van der Waals surface area (Å²) in [7, 11) is 1.50. The van der Waals surface area contributed by atoms with E-state index in [4.69, 9.17) is 4.74 Å². The SMILES string of the molecule is CCCCc1cn(C(C)(C)C)s/c1=N\C(=O)c1cc(C(C)=O)ccc1OC. The molecule has 0 aliphatic carbocycles. The summed E-state index contributed by atoms with van der Waals surface area (Å²) >= 11 is 1.49. The zero-order valence-electron chi connectivity index (χ0n) is 17.0. The zero-order chi connectivity index (χ0) is 20.2. The van der Waals surface area contributed by atoms with Crippen molar-refractivity contribution < 1.29 is 14.3 Å². The number of aryl methyl sites for hydroxylation is 1. The van der Waals surface area contributed by atoms with Gasteiger partial charge in [-0.3, -0.25) is 13.5 Å². The highest BCUT2D eigenvalue weighted by atomic mass is 32.1. The average molecular weight is 389 g/mol. The summed E-state index contributed by atoms with van der Waals surface area (Å²) in [5, 5.41) is 0. The normalized spacial score (nSPS) is 12.3. The van der Waals surface area contributed by atoms with Crippen molar-refractivity contribution in [1.29, 1.82) is 0 Å². The number of benzene rings is 1. The molecule has 1 heterocycles. The molecule has 0 aliphatic heterocycles. The van der Waals surface area contributed by atoms with Crippen LogP contribution in [0.4, 0.5) is 0 Å². The van der Waals surface area contributed by atoms with Crippen molar-refractivity contribution in [3.05, 3.63) is 45.8 Å². The maximum Gasteiger partial charge on any atom is 0.282 e. The number of hydrogen-bond acceptors (Lipinski definition) is 4. The van der Waals surface area contributed by atoms with E-state index in [0.29, 0.717) is 16.9 Å². The minimum absolute atomic E-state index is 0.0747. The molecule has 1 amide bonds. The molecular formula is C21H28N2O3S.